The number of phenols is 1. The molecule has 3 N–H and O–H groups in total. The van der Waals surface area contributed by atoms with Crippen LogP contribution in [0.5, 0.6) is 5.75 Å². The molecule has 2 aromatic rings. The number of sulfone groups is 1. The monoisotopic (exact) mass is 291 g/mol. The molecule has 5 nitrogen and oxygen atoms in total. The van der Waals surface area contributed by atoms with Crippen molar-refractivity contribution in [3.8, 4) is 5.75 Å². The molecule has 20 heavy (non-hydrogen) atoms. The molecule has 0 bridgehead atoms. The molecule has 0 unspecified atom stereocenters. The summed E-state index contributed by atoms with van der Waals surface area (Å²) in [5, 5.41) is 9.48. The highest BCUT2D eigenvalue weighted by Gasteiger charge is 2.20. The SMILES string of the molecule is Cc1ccc(S(=O)(=O)c2ccc(O)c(C(N)=O)c2)cc1. The Balaban J connectivity index is 2.58. The number of amides is 1. The molecule has 2 aromatic carbocycles. The molecule has 0 aromatic heterocycles. The summed E-state index contributed by atoms with van der Waals surface area (Å²) in [6.45, 7) is 1.85. The van der Waals surface area contributed by atoms with E-state index in [9.17, 15) is 18.3 Å². The first-order chi connectivity index (χ1) is 9.32. The molecular formula is C14H13NO4S. The molecule has 0 fully saturated rings. The van der Waals surface area contributed by atoms with Crippen molar-refractivity contribution >= 4 is 15.7 Å². The second-order valence-electron chi connectivity index (χ2n) is 4.36. The first-order valence-electron chi connectivity index (χ1n) is 5.77. The molecule has 0 spiro atoms. The van der Waals surface area contributed by atoms with Gasteiger partial charge in [-0.1, -0.05) is 17.7 Å². The molecule has 0 aliphatic rings. The summed E-state index contributed by atoms with van der Waals surface area (Å²) >= 11 is 0. The van der Waals surface area contributed by atoms with Crippen molar-refractivity contribution in [3.05, 3.63) is 53.6 Å². The Morgan fingerprint density at radius 3 is 2.15 bits per heavy atom. The van der Waals surface area contributed by atoms with E-state index in [1.807, 2.05) is 6.92 Å². The summed E-state index contributed by atoms with van der Waals surface area (Å²) in [6, 6.07) is 9.79. The highest BCUT2D eigenvalue weighted by molar-refractivity contribution is 7.91. The van der Waals surface area contributed by atoms with Crippen LogP contribution in [0.2, 0.25) is 0 Å². The molecule has 2 rings (SSSR count). The minimum absolute atomic E-state index is 0.0899. The van der Waals surface area contributed by atoms with Crippen LogP contribution in [0, 0.1) is 6.92 Å². The number of primary amides is 1. The van der Waals surface area contributed by atoms with Gasteiger partial charge < -0.3 is 10.8 Å². The lowest BCUT2D eigenvalue weighted by Crippen LogP contribution is -2.12. The lowest BCUT2D eigenvalue weighted by atomic mass is 10.2. The highest BCUT2D eigenvalue weighted by Crippen LogP contribution is 2.26. The van der Waals surface area contributed by atoms with E-state index in [1.165, 1.54) is 18.2 Å². The zero-order valence-corrected chi connectivity index (χ0v) is 11.5. The maximum atomic E-state index is 12.4. The molecule has 6 heteroatoms. The number of rotatable bonds is 3. The quantitative estimate of drug-likeness (QED) is 0.898. The third-order valence-electron chi connectivity index (χ3n) is 2.88. The summed E-state index contributed by atoms with van der Waals surface area (Å²) in [5.74, 6) is -1.23. The fraction of sp³-hybridized carbons (Fsp3) is 0.0714. The predicted octanol–water partition coefficient (Wildman–Crippen LogP) is 1.63. The van der Waals surface area contributed by atoms with Crippen LogP contribution in [0.25, 0.3) is 0 Å². The second kappa shape index (κ2) is 4.97. The van der Waals surface area contributed by atoms with Crippen molar-refractivity contribution in [1.82, 2.24) is 0 Å². The fourth-order valence-corrected chi connectivity index (χ4v) is 3.02. The number of nitrogens with two attached hydrogens (primary N) is 1. The van der Waals surface area contributed by atoms with Crippen molar-refractivity contribution < 1.29 is 18.3 Å². The van der Waals surface area contributed by atoms with Crippen molar-refractivity contribution in [2.24, 2.45) is 5.73 Å². The summed E-state index contributed by atoms with van der Waals surface area (Å²) < 4.78 is 24.8. The number of hydrogen-bond acceptors (Lipinski definition) is 4. The molecular weight excluding hydrogens is 278 g/mol. The number of carbonyl (C=O) groups excluding carboxylic acids is 1. The number of benzene rings is 2. The van der Waals surface area contributed by atoms with E-state index in [-0.39, 0.29) is 21.1 Å². The van der Waals surface area contributed by atoms with Gasteiger partial charge in [-0.2, -0.15) is 0 Å². The van der Waals surface area contributed by atoms with Crippen LogP contribution in [0.1, 0.15) is 15.9 Å². The van der Waals surface area contributed by atoms with Crippen LogP contribution < -0.4 is 5.73 Å². The third kappa shape index (κ3) is 2.50. The maximum Gasteiger partial charge on any atom is 0.252 e. The number of carbonyl (C=O) groups is 1. The highest BCUT2D eigenvalue weighted by atomic mass is 32.2. The van der Waals surface area contributed by atoms with Gasteiger partial charge in [0.15, 0.2) is 0 Å². The predicted molar refractivity (Wildman–Crippen MR) is 73.3 cm³/mol. The third-order valence-corrected chi connectivity index (χ3v) is 4.64. The summed E-state index contributed by atoms with van der Waals surface area (Å²) in [7, 11) is -3.75. The van der Waals surface area contributed by atoms with Gasteiger partial charge in [-0.3, -0.25) is 4.79 Å². The van der Waals surface area contributed by atoms with E-state index in [0.717, 1.165) is 17.7 Å². The van der Waals surface area contributed by atoms with Crippen molar-refractivity contribution in [2.75, 3.05) is 0 Å². The van der Waals surface area contributed by atoms with Gasteiger partial charge in [-0.15, -0.1) is 0 Å². The second-order valence-corrected chi connectivity index (χ2v) is 6.31. The zero-order chi connectivity index (χ0) is 14.9. The lowest BCUT2D eigenvalue weighted by molar-refractivity contribution is 0.0997. The molecule has 0 aliphatic carbocycles. The Bertz CT molecular complexity index is 764. The van der Waals surface area contributed by atoms with Crippen LogP contribution in [0.3, 0.4) is 0 Å². The summed E-state index contributed by atoms with van der Waals surface area (Å²) in [5.41, 5.74) is 5.81. The first kappa shape index (κ1) is 14.1. The van der Waals surface area contributed by atoms with Crippen molar-refractivity contribution in [3.63, 3.8) is 0 Å². The average molecular weight is 291 g/mol. The van der Waals surface area contributed by atoms with Crippen LogP contribution in [0.4, 0.5) is 0 Å². The number of hydrogen-bond donors (Lipinski definition) is 2. The lowest BCUT2D eigenvalue weighted by Gasteiger charge is -2.07. The maximum absolute atomic E-state index is 12.4. The fourth-order valence-electron chi connectivity index (χ4n) is 1.73. The number of aryl methyl sites for hydroxylation is 1. The van der Waals surface area contributed by atoms with Crippen LogP contribution in [-0.2, 0) is 9.84 Å². The Hall–Kier alpha value is -2.34. The van der Waals surface area contributed by atoms with Crippen LogP contribution >= 0.6 is 0 Å². The molecule has 0 radical (unpaired) electrons. The molecule has 104 valence electrons. The van der Waals surface area contributed by atoms with Gasteiger partial charge in [-0.05, 0) is 37.3 Å². The van der Waals surface area contributed by atoms with Gasteiger partial charge in [0.2, 0.25) is 9.84 Å². The van der Waals surface area contributed by atoms with Gasteiger partial charge in [0.1, 0.15) is 5.75 Å². The molecule has 0 heterocycles. The molecule has 0 saturated carbocycles. The van der Waals surface area contributed by atoms with E-state index in [0.29, 0.717) is 0 Å². The van der Waals surface area contributed by atoms with E-state index < -0.39 is 15.7 Å². The van der Waals surface area contributed by atoms with Crippen molar-refractivity contribution in [1.29, 1.82) is 0 Å². The normalized spacial score (nSPS) is 11.2. The largest absolute Gasteiger partial charge is 0.507 e. The smallest absolute Gasteiger partial charge is 0.252 e. The topological polar surface area (TPSA) is 97.5 Å². The Morgan fingerprint density at radius 2 is 1.60 bits per heavy atom. The molecule has 0 aliphatic heterocycles. The Kier molecular flexibility index (Phi) is 3.50. The van der Waals surface area contributed by atoms with Crippen LogP contribution in [0.15, 0.2) is 52.3 Å². The first-order valence-corrected chi connectivity index (χ1v) is 7.25. The van der Waals surface area contributed by atoms with Crippen molar-refractivity contribution in [2.45, 2.75) is 16.7 Å². The van der Waals surface area contributed by atoms with E-state index in [1.54, 1.807) is 12.1 Å². The molecule has 0 saturated heterocycles. The van der Waals surface area contributed by atoms with Crippen LogP contribution in [-0.4, -0.2) is 19.4 Å². The van der Waals surface area contributed by atoms with Gasteiger partial charge in [-0.25, -0.2) is 8.42 Å². The average Bonchev–Trinajstić information content (AvgIpc) is 2.39. The number of aromatic hydroxyl groups is 1. The summed E-state index contributed by atoms with van der Waals surface area (Å²) in [4.78, 5) is 11.2. The minimum atomic E-state index is -3.75. The van der Waals surface area contributed by atoms with Gasteiger partial charge in [0.05, 0.1) is 15.4 Å². The van der Waals surface area contributed by atoms with Gasteiger partial charge >= 0.3 is 0 Å². The Labute approximate surface area is 116 Å². The summed E-state index contributed by atoms with van der Waals surface area (Å²) in [6.07, 6.45) is 0. The van der Waals surface area contributed by atoms with E-state index in [2.05, 4.69) is 0 Å². The zero-order valence-electron chi connectivity index (χ0n) is 10.7. The van der Waals surface area contributed by atoms with Gasteiger partial charge in [0.25, 0.3) is 5.91 Å². The van der Waals surface area contributed by atoms with E-state index >= 15 is 0 Å². The van der Waals surface area contributed by atoms with Gasteiger partial charge in [0, 0.05) is 0 Å². The molecule has 0 atom stereocenters. The Morgan fingerprint density at radius 1 is 1.05 bits per heavy atom. The molecule has 1 amide bonds. The minimum Gasteiger partial charge on any atom is -0.507 e. The van der Waals surface area contributed by atoms with E-state index in [4.69, 9.17) is 5.73 Å². The standard InChI is InChI=1S/C14H13NO4S/c1-9-2-4-10(5-3-9)20(18,19)11-6-7-13(16)12(8-11)14(15)17/h2-8,16H,1H3,(H2,15,17).